The van der Waals surface area contributed by atoms with Crippen molar-refractivity contribution in [3.05, 3.63) is 78.1 Å². The van der Waals surface area contributed by atoms with E-state index >= 15 is 0 Å². The Hall–Kier alpha value is -2.46. The van der Waals surface area contributed by atoms with Crippen LogP contribution in [0.5, 0.6) is 0 Å². The molecule has 0 bridgehead atoms. The van der Waals surface area contributed by atoms with E-state index in [9.17, 15) is 0 Å². The van der Waals surface area contributed by atoms with Crippen molar-refractivity contribution in [1.82, 2.24) is 14.5 Å². The van der Waals surface area contributed by atoms with Crippen LogP contribution < -0.4 is 0 Å². The monoisotopic (exact) mass is 307 g/mol. The number of ether oxygens (including phenoxy) is 1. The van der Waals surface area contributed by atoms with E-state index in [1.165, 1.54) is 5.56 Å². The third kappa shape index (κ3) is 3.85. The summed E-state index contributed by atoms with van der Waals surface area (Å²) >= 11 is 0. The lowest BCUT2D eigenvalue weighted by molar-refractivity contribution is 0.101. The fourth-order valence-electron chi connectivity index (χ4n) is 2.38. The van der Waals surface area contributed by atoms with E-state index in [-0.39, 0.29) is 0 Å². The Morgan fingerprint density at radius 3 is 2.43 bits per heavy atom. The number of benzene rings is 1. The molecule has 0 fully saturated rings. The van der Waals surface area contributed by atoms with Crippen LogP contribution in [0.1, 0.15) is 36.8 Å². The fraction of sp³-hybridized carbons (Fsp3) is 0.263. The van der Waals surface area contributed by atoms with E-state index in [0.717, 1.165) is 17.2 Å². The first kappa shape index (κ1) is 15.4. The number of hydrogen-bond donors (Lipinski definition) is 0. The first-order valence-electron chi connectivity index (χ1n) is 7.84. The van der Waals surface area contributed by atoms with Crippen LogP contribution in [0.4, 0.5) is 0 Å². The third-order valence-corrected chi connectivity index (χ3v) is 3.67. The molecule has 1 aromatic carbocycles. The summed E-state index contributed by atoms with van der Waals surface area (Å²) in [6.45, 7) is 5.35. The highest BCUT2D eigenvalue weighted by atomic mass is 16.5. The molecule has 2 aromatic heterocycles. The summed E-state index contributed by atoms with van der Waals surface area (Å²) in [6.07, 6.45) is 5.67. The first-order valence-corrected chi connectivity index (χ1v) is 7.84. The molecule has 0 aliphatic heterocycles. The summed E-state index contributed by atoms with van der Waals surface area (Å²) in [5.41, 5.74) is 3.29. The Morgan fingerprint density at radius 2 is 1.74 bits per heavy atom. The molecule has 0 N–H and O–H groups in total. The Morgan fingerprint density at radius 1 is 1.00 bits per heavy atom. The highest BCUT2D eigenvalue weighted by molar-refractivity contribution is 5.32. The Kier molecular flexibility index (Phi) is 4.83. The average Bonchev–Trinajstić information content (AvgIpc) is 3.01. The molecule has 0 unspecified atom stereocenters. The summed E-state index contributed by atoms with van der Waals surface area (Å²) in [5, 5.41) is 0. The van der Waals surface area contributed by atoms with Crippen molar-refractivity contribution in [3.8, 4) is 5.69 Å². The molecule has 2 heterocycles. The van der Waals surface area contributed by atoms with Gasteiger partial charge in [0.1, 0.15) is 12.4 Å². The van der Waals surface area contributed by atoms with E-state index < -0.39 is 0 Å². The van der Waals surface area contributed by atoms with Crippen molar-refractivity contribution in [2.24, 2.45) is 0 Å². The average molecular weight is 307 g/mol. The van der Waals surface area contributed by atoms with Crippen LogP contribution in [0.25, 0.3) is 5.69 Å². The van der Waals surface area contributed by atoms with E-state index in [1.54, 1.807) is 12.4 Å². The molecule has 0 radical (unpaired) electrons. The molecule has 4 heteroatoms. The molecule has 3 aromatic rings. The van der Waals surface area contributed by atoms with E-state index in [1.807, 2.05) is 30.3 Å². The molecule has 0 spiro atoms. The van der Waals surface area contributed by atoms with Gasteiger partial charge in [-0.05, 0) is 23.6 Å². The summed E-state index contributed by atoms with van der Waals surface area (Å²) < 4.78 is 7.95. The van der Waals surface area contributed by atoms with Gasteiger partial charge in [0.25, 0.3) is 0 Å². The topological polar surface area (TPSA) is 39.9 Å². The molecule has 0 aliphatic carbocycles. The molecular formula is C19H21N3O. The van der Waals surface area contributed by atoms with Crippen LogP contribution in [0, 0.1) is 0 Å². The van der Waals surface area contributed by atoms with Gasteiger partial charge < -0.3 is 9.30 Å². The Balaban J connectivity index is 1.77. The zero-order chi connectivity index (χ0) is 16.1. The normalized spacial score (nSPS) is 11.1. The summed E-state index contributed by atoms with van der Waals surface area (Å²) in [4.78, 5) is 8.81. The maximum atomic E-state index is 5.86. The van der Waals surface area contributed by atoms with Gasteiger partial charge in [0, 0.05) is 24.3 Å². The fourth-order valence-corrected chi connectivity index (χ4v) is 2.38. The van der Waals surface area contributed by atoms with Gasteiger partial charge in [-0.25, -0.2) is 4.98 Å². The zero-order valence-corrected chi connectivity index (χ0v) is 13.5. The van der Waals surface area contributed by atoms with Gasteiger partial charge in [0.15, 0.2) is 0 Å². The second-order valence-corrected chi connectivity index (χ2v) is 5.79. The van der Waals surface area contributed by atoms with Crippen molar-refractivity contribution in [1.29, 1.82) is 0 Å². The maximum absolute atomic E-state index is 5.86. The van der Waals surface area contributed by atoms with Crippen LogP contribution in [0.3, 0.4) is 0 Å². The van der Waals surface area contributed by atoms with Gasteiger partial charge in [-0.15, -0.1) is 0 Å². The number of rotatable bonds is 6. The van der Waals surface area contributed by atoms with Crippen LogP contribution in [0.15, 0.2) is 61.1 Å². The number of aromatic nitrogens is 3. The van der Waals surface area contributed by atoms with Crippen molar-refractivity contribution in [3.63, 3.8) is 0 Å². The zero-order valence-electron chi connectivity index (χ0n) is 13.5. The molecular weight excluding hydrogens is 286 g/mol. The summed E-state index contributed by atoms with van der Waals surface area (Å²) in [5.74, 6) is 1.29. The molecule has 0 atom stereocenters. The van der Waals surface area contributed by atoms with Crippen LogP contribution in [-0.4, -0.2) is 14.5 Å². The second-order valence-electron chi connectivity index (χ2n) is 5.79. The number of nitrogens with zero attached hydrogens (tertiary/aromatic N) is 3. The molecule has 23 heavy (non-hydrogen) atoms. The SMILES string of the molecule is CC(C)c1cn(-c2ccncc2)c(COCc2ccccc2)n1. The van der Waals surface area contributed by atoms with Crippen molar-refractivity contribution in [2.45, 2.75) is 33.0 Å². The smallest absolute Gasteiger partial charge is 0.139 e. The summed E-state index contributed by atoms with van der Waals surface area (Å²) in [7, 11) is 0. The van der Waals surface area contributed by atoms with Crippen LogP contribution in [0.2, 0.25) is 0 Å². The summed E-state index contributed by atoms with van der Waals surface area (Å²) in [6, 6.07) is 14.1. The number of hydrogen-bond acceptors (Lipinski definition) is 3. The van der Waals surface area contributed by atoms with E-state index in [0.29, 0.717) is 19.1 Å². The highest BCUT2D eigenvalue weighted by Crippen LogP contribution is 2.19. The lowest BCUT2D eigenvalue weighted by Gasteiger charge is -2.08. The minimum absolute atomic E-state index is 0.381. The molecule has 0 saturated heterocycles. The minimum Gasteiger partial charge on any atom is -0.369 e. The third-order valence-electron chi connectivity index (χ3n) is 3.67. The van der Waals surface area contributed by atoms with Gasteiger partial charge in [-0.2, -0.15) is 0 Å². The Bertz CT molecular complexity index is 736. The van der Waals surface area contributed by atoms with Crippen molar-refractivity contribution >= 4 is 0 Å². The molecule has 0 saturated carbocycles. The second kappa shape index (κ2) is 7.20. The van der Waals surface area contributed by atoms with Crippen molar-refractivity contribution in [2.75, 3.05) is 0 Å². The Labute approximate surface area is 136 Å². The standard InChI is InChI=1S/C19H21N3O/c1-15(2)18-12-22(17-8-10-20-11-9-17)19(21-18)14-23-13-16-6-4-3-5-7-16/h3-12,15H,13-14H2,1-2H3. The van der Waals surface area contributed by atoms with Crippen LogP contribution >= 0.6 is 0 Å². The van der Waals surface area contributed by atoms with Gasteiger partial charge in [-0.1, -0.05) is 44.2 Å². The predicted molar refractivity (Wildman–Crippen MR) is 90.4 cm³/mol. The van der Waals surface area contributed by atoms with Gasteiger partial charge >= 0.3 is 0 Å². The molecule has 0 amide bonds. The van der Waals surface area contributed by atoms with E-state index in [2.05, 4.69) is 41.7 Å². The number of pyridine rings is 1. The minimum atomic E-state index is 0.381. The molecule has 0 aliphatic rings. The first-order chi connectivity index (χ1) is 11.2. The largest absolute Gasteiger partial charge is 0.369 e. The maximum Gasteiger partial charge on any atom is 0.139 e. The van der Waals surface area contributed by atoms with Crippen LogP contribution in [-0.2, 0) is 18.0 Å². The van der Waals surface area contributed by atoms with E-state index in [4.69, 9.17) is 9.72 Å². The quantitative estimate of drug-likeness (QED) is 0.688. The highest BCUT2D eigenvalue weighted by Gasteiger charge is 2.12. The van der Waals surface area contributed by atoms with Gasteiger partial charge in [-0.3, -0.25) is 4.98 Å². The van der Waals surface area contributed by atoms with Crippen molar-refractivity contribution < 1.29 is 4.74 Å². The number of imidazole rings is 1. The van der Waals surface area contributed by atoms with Gasteiger partial charge in [0.05, 0.1) is 12.3 Å². The van der Waals surface area contributed by atoms with Gasteiger partial charge in [0.2, 0.25) is 0 Å². The molecule has 4 nitrogen and oxygen atoms in total. The lowest BCUT2D eigenvalue weighted by atomic mass is 10.2. The molecule has 118 valence electrons. The molecule has 3 rings (SSSR count). The predicted octanol–water partition coefficient (Wildman–Crippen LogP) is 4.11. The lowest BCUT2D eigenvalue weighted by Crippen LogP contribution is -2.03.